The molecule has 0 aliphatic heterocycles. The number of aryl methyl sites for hydroxylation is 3. The van der Waals surface area contributed by atoms with Crippen molar-refractivity contribution in [3.05, 3.63) is 101 Å². The molecule has 1 amide bonds. The number of hydrogen-bond acceptors (Lipinski definition) is 3. The fourth-order valence-corrected chi connectivity index (χ4v) is 5.66. The molecule has 3 aromatic rings. The summed E-state index contributed by atoms with van der Waals surface area (Å²) in [6.07, 6.45) is 0.247. The summed E-state index contributed by atoms with van der Waals surface area (Å²) in [4.78, 5) is 13.5. The highest BCUT2D eigenvalue weighted by Crippen LogP contribution is 2.22. The number of carbonyl (C=O) groups is 1. The Morgan fingerprint density at radius 3 is 1.97 bits per heavy atom. The number of benzene rings is 3. The van der Waals surface area contributed by atoms with Gasteiger partial charge in [-0.3, -0.25) is 4.79 Å². The van der Waals surface area contributed by atoms with Crippen LogP contribution in [0.3, 0.4) is 0 Å². The maximum Gasteiger partial charge on any atom is 0.241 e. The van der Waals surface area contributed by atoms with Crippen LogP contribution in [0.2, 0.25) is 0 Å². The first-order chi connectivity index (χ1) is 15.2. The smallest absolute Gasteiger partial charge is 0.241 e. The third-order valence-electron chi connectivity index (χ3n) is 5.43. The summed E-state index contributed by atoms with van der Waals surface area (Å²) in [5.74, 6) is -0.365. The van der Waals surface area contributed by atoms with Gasteiger partial charge in [0, 0.05) is 0 Å². The minimum atomic E-state index is -3.91. The van der Waals surface area contributed by atoms with Crippen LogP contribution in [0.15, 0.2) is 77.7 Å². The second kappa shape index (κ2) is 10.1. The van der Waals surface area contributed by atoms with Gasteiger partial charge < -0.3 is 5.32 Å². The van der Waals surface area contributed by atoms with E-state index in [2.05, 4.69) is 10.0 Å². The molecule has 0 spiro atoms. The largest absolute Gasteiger partial charge is 0.348 e. The van der Waals surface area contributed by atoms with Crippen LogP contribution >= 0.6 is 0 Å². The van der Waals surface area contributed by atoms with Gasteiger partial charge in [-0.15, -0.1) is 0 Å². The van der Waals surface area contributed by atoms with Crippen LogP contribution in [0, 0.1) is 20.8 Å². The lowest BCUT2D eigenvalue weighted by molar-refractivity contribution is -0.123. The van der Waals surface area contributed by atoms with Crippen LogP contribution in [0.4, 0.5) is 0 Å². The summed E-state index contributed by atoms with van der Waals surface area (Å²) in [5.41, 5.74) is 4.14. The topological polar surface area (TPSA) is 75.3 Å². The molecular formula is C26H30N2O3S. The van der Waals surface area contributed by atoms with Crippen molar-refractivity contribution in [3.8, 4) is 0 Å². The van der Waals surface area contributed by atoms with Crippen molar-refractivity contribution in [2.24, 2.45) is 0 Å². The lowest BCUT2D eigenvalue weighted by Crippen LogP contribution is -2.48. The highest BCUT2D eigenvalue weighted by Gasteiger charge is 2.29. The van der Waals surface area contributed by atoms with Crippen LogP contribution in [0.1, 0.15) is 40.8 Å². The Kier molecular flexibility index (Phi) is 7.48. The molecule has 0 saturated carbocycles. The summed E-state index contributed by atoms with van der Waals surface area (Å²) in [6, 6.07) is 21.5. The van der Waals surface area contributed by atoms with Crippen molar-refractivity contribution in [2.45, 2.75) is 51.1 Å². The van der Waals surface area contributed by atoms with E-state index in [1.807, 2.05) is 86.6 Å². The van der Waals surface area contributed by atoms with E-state index in [4.69, 9.17) is 0 Å². The second-order valence-corrected chi connectivity index (χ2v) is 9.88. The monoisotopic (exact) mass is 450 g/mol. The Balaban J connectivity index is 1.90. The van der Waals surface area contributed by atoms with Gasteiger partial charge in [0.1, 0.15) is 6.04 Å². The molecule has 0 fully saturated rings. The summed E-state index contributed by atoms with van der Waals surface area (Å²) in [6.45, 7) is 7.37. The summed E-state index contributed by atoms with van der Waals surface area (Å²) < 4.78 is 29.4. The van der Waals surface area contributed by atoms with E-state index in [0.717, 1.165) is 16.7 Å². The first-order valence-corrected chi connectivity index (χ1v) is 12.1. The van der Waals surface area contributed by atoms with E-state index in [-0.39, 0.29) is 23.3 Å². The van der Waals surface area contributed by atoms with Crippen LogP contribution in [0.25, 0.3) is 0 Å². The number of sulfonamides is 1. The maximum absolute atomic E-state index is 13.4. The van der Waals surface area contributed by atoms with Crippen LogP contribution < -0.4 is 10.0 Å². The summed E-state index contributed by atoms with van der Waals surface area (Å²) in [5, 5.41) is 2.96. The average Bonchev–Trinajstić information content (AvgIpc) is 2.73. The minimum Gasteiger partial charge on any atom is -0.348 e. The Labute approximate surface area is 190 Å². The zero-order chi connectivity index (χ0) is 23.3. The van der Waals surface area contributed by atoms with Crippen LogP contribution in [0.5, 0.6) is 0 Å². The average molecular weight is 451 g/mol. The molecule has 32 heavy (non-hydrogen) atoms. The van der Waals surface area contributed by atoms with Gasteiger partial charge in [0.2, 0.25) is 15.9 Å². The van der Waals surface area contributed by atoms with Crippen molar-refractivity contribution < 1.29 is 13.2 Å². The predicted molar refractivity (Wildman–Crippen MR) is 128 cm³/mol. The van der Waals surface area contributed by atoms with Crippen molar-refractivity contribution in [2.75, 3.05) is 0 Å². The van der Waals surface area contributed by atoms with Crippen molar-refractivity contribution in [1.82, 2.24) is 10.0 Å². The van der Waals surface area contributed by atoms with Crippen molar-refractivity contribution in [1.29, 1.82) is 0 Å². The lowest BCUT2D eigenvalue weighted by atomic mass is 10.0. The van der Waals surface area contributed by atoms with E-state index in [1.54, 1.807) is 13.8 Å². The van der Waals surface area contributed by atoms with Gasteiger partial charge >= 0.3 is 0 Å². The van der Waals surface area contributed by atoms with Gasteiger partial charge in [-0.05, 0) is 56.4 Å². The first-order valence-electron chi connectivity index (χ1n) is 10.7. The standard InChI is InChI=1S/C26H30N2O3S/c1-18-15-19(2)25(20(3)16-18)32(30,31)28-24(17-22-11-7-5-8-12-22)26(29)27-21(4)23-13-9-6-10-14-23/h5-16,21,24,28H,17H2,1-4H3,(H,27,29)/t21-,24+/m1/s1. The predicted octanol–water partition coefficient (Wildman–Crippen LogP) is 4.38. The molecule has 0 aliphatic carbocycles. The Bertz CT molecular complexity index is 1150. The van der Waals surface area contributed by atoms with Gasteiger partial charge in [0.25, 0.3) is 0 Å². The molecule has 0 unspecified atom stereocenters. The van der Waals surface area contributed by atoms with Gasteiger partial charge in [-0.25, -0.2) is 8.42 Å². The molecule has 0 heterocycles. The van der Waals surface area contributed by atoms with Gasteiger partial charge in [0.05, 0.1) is 10.9 Å². The third kappa shape index (κ3) is 5.84. The molecule has 168 valence electrons. The summed E-state index contributed by atoms with van der Waals surface area (Å²) in [7, 11) is -3.91. The second-order valence-electron chi connectivity index (χ2n) is 8.23. The zero-order valence-corrected chi connectivity index (χ0v) is 19.7. The molecule has 2 N–H and O–H groups in total. The van der Waals surface area contributed by atoms with E-state index >= 15 is 0 Å². The highest BCUT2D eigenvalue weighted by molar-refractivity contribution is 7.89. The van der Waals surface area contributed by atoms with Crippen molar-refractivity contribution in [3.63, 3.8) is 0 Å². The quantitative estimate of drug-likeness (QED) is 0.535. The maximum atomic E-state index is 13.4. The molecule has 0 aliphatic rings. The number of nitrogens with one attached hydrogen (secondary N) is 2. The van der Waals surface area contributed by atoms with Crippen molar-refractivity contribution >= 4 is 15.9 Å². The Hall–Kier alpha value is -2.96. The SMILES string of the molecule is Cc1cc(C)c(S(=O)(=O)N[C@@H](Cc2ccccc2)C(=O)N[C@H](C)c2ccccc2)c(C)c1. The zero-order valence-electron chi connectivity index (χ0n) is 18.9. The van der Waals surface area contributed by atoms with E-state index in [9.17, 15) is 13.2 Å². The third-order valence-corrected chi connectivity index (χ3v) is 7.20. The van der Waals surface area contributed by atoms with Gasteiger partial charge in [-0.2, -0.15) is 4.72 Å². The normalized spacial score (nSPS) is 13.4. The highest BCUT2D eigenvalue weighted by atomic mass is 32.2. The van der Waals surface area contributed by atoms with Crippen LogP contribution in [-0.2, 0) is 21.2 Å². The molecule has 0 bridgehead atoms. The molecule has 0 saturated heterocycles. The number of hydrogen-bond donors (Lipinski definition) is 2. The fourth-order valence-electron chi connectivity index (χ4n) is 4.01. The molecule has 3 aromatic carbocycles. The minimum absolute atomic E-state index is 0.227. The molecule has 0 radical (unpaired) electrons. The molecule has 0 aromatic heterocycles. The molecule has 6 heteroatoms. The first kappa shape index (κ1) is 23.7. The van der Waals surface area contributed by atoms with Crippen LogP contribution in [-0.4, -0.2) is 20.4 Å². The van der Waals surface area contributed by atoms with Gasteiger partial charge in [-0.1, -0.05) is 78.4 Å². The lowest BCUT2D eigenvalue weighted by Gasteiger charge is -2.23. The Morgan fingerprint density at radius 2 is 1.41 bits per heavy atom. The fraction of sp³-hybridized carbons (Fsp3) is 0.269. The van der Waals surface area contributed by atoms with E-state index in [0.29, 0.717) is 11.1 Å². The molecule has 5 nitrogen and oxygen atoms in total. The summed E-state index contributed by atoms with van der Waals surface area (Å²) >= 11 is 0. The van der Waals surface area contributed by atoms with Gasteiger partial charge in [0.15, 0.2) is 0 Å². The molecular weight excluding hydrogens is 420 g/mol. The van der Waals surface area contributed by atoms with E-state index in [1.165, 1.54) is 0 Å². The Morgan fingerprint density at radius 1 is 0.875 bits per heavy atom. The number of amides is 1. The van der Waals surface area contributed by atoms with E-state index < -0.39 is 16.1 Å². The molecule has 3 rings (SSSR count). The number of carbonyl (C=O) groups excluding carboxylic acids is 1. The molecule has 2 atom stereocenters. The number of rotatable bonds is 8.